The topological polar surface area (TPSA) is 157 Å². The first-order valence-corrected chi connectivity index (χ1v) is 28.7. The standard InChI is InChI=1S/C57H59ClF3N5O8SSi.ClH/c1-7-47-52(46(63-64(47)6)36-62-75(70,71)50-27-16-15-25-48(50)66(68)69)51-45(58)31-30-44-43(24-18-34-73-49-26-17-19-38-35-39(59)28-29-42(38)49)54(55(67)72-8-2)65(53(44)51)33-32-57(60,61)37-74-76(56(3,4)5,40-20-11-9-12-21-40)41-22-13-10-14-23-41;/h9-17,19-23,25-31,35,62H,7-8,18,24,32-34,36-37H2,1-6H3;1H. The minimum absolute atomic E-state index is 0. The van der Waals surface area contributed by atoms with Crippen molar-refractivity contribution < 1.29 is 45.2 Å². The summed E-state index contributed by atoms with van der Waals surface area (Å²) < 4.78 is 101. The van der Waals surface area contributed by atoms with Gasteiger partial charge in [-0.1, -0.05) is 130 Å². The van der Waals surface area contributed by atoms with Crippen LogP contribution in [0.3, 0.4) is 0 Å². The molecule has 6 aromatic carbocycles. The molecule has 0 bridgehead atoms. The Balaban J connectivity index is 0.00000861. The van der Waals surface area contributed by atoms with Gasteiger partial charge in [-0.05, 0) is 88.9 Å². The van der Waals surface area contributed by atoms with E-state index in [0.29, 0.717) is 62.7 Å². The number of ether oxygens (including phenoxy) is 2. The van der Waals surface area contributed by atoms with Gasteiger partial charge in [0.1, 0.15) is 17.3 Å². The zero-order chi connectivity index (χ0) is 54.6. The summed E-state index contributed by atoms with van der Waals surface area (Å²) in [6.45, 7) is 7.80. The molecule has 0 aliphatic heterocycles. The minimum atomic E-state index is -4.52. The van der Waals surface area contributed by atoms with Crippen LogP contribution in [0.1, 0.15) is 74.9 Å². The lowest BCUT2D eigenvalue weighted by molar-refractivity contribution is -0.387. The lowest BCUT2D eigenvalue weighted by atomic mass is 9.97. The number of hydrogen-bond acceptors (Lipinski definition) is 9. The molecule has 0 amide bonds. The molecule has 0 atom stereocenters. The molecule has 1 N–H and O–H groups in total. The maximum Gasteiger partial charge on any atom is 0.355 e. The number of alkyl halides is 2. The average Bonchev–Trinajstić information content (AvgIpc) is 4.02. The molecule has 0 saturated carbocycles. The van der Waals surface area contributed by atoms with Gasteiger partial charge < -0.3 is 18.5 Å². The highest BCUT2D eigenvalue weighted by Crippen LogP contribution is 2.44. The Labute approximate surface area is 458 Å². The van der Waals surface area contributed by atoms with E-state index in [1.54, 1.807) is 55.1 Å². The van der Waals surface area contributed by atoms with E-state index in [1.165, 1.54) is 28.8 Å². The first-order chi connectivity index (χ1) is 36.2. The van der Waals surface area contributed by atoms with Crippen LogP contribution in [0.2, 0.25) is 10.1 Å². The minimum Gasteiger partial charge on any atom is -0.493 e. The Kier molecular flexibility index (Phi) is 18.1. The summed E-state index contributed by atoms with van der Waals surface area (Å²) in [6.07, 6.45) is 0.0707. The van der Waals surface area contributed by atoms with Gasteiger partial charge in [0, 0.05) is 53.7 Å². The molecule has 2 aromatic heterocycles. The van der Waals surface area contributed by atoms with Crippen LogP contribution < -0.4 is 19.8 Å². The van der Waals surface area contributed by atoms with Gasteiger partial charge in [0.2, 0.25) is 10.0 Å². The molecule has 8 aromatic rings. The fourth-order valence-electron chi connectivity index (χ4n) is 10.3. The number of sulfonamides is 1. The molecule has 0 spiro atoms. The predicted octanol–water partition coefficient (Wildman–Crippen LogP) is 12.1. The molecular formula is C57H60Cl2F3N5O8SSi. The molecule has 0 aliphatic carbocycles. The molecule has 0 aliphatic rings. The van der Waals surface area contributed by atoms with Crippen LogP contribution in [0.5, 0.6) is 5.75 Å². The summed E-state index contributed by atoms with van der Waals surface area (Å²) in [5.74, 6) is -4.11. The Bertz CT molecular complexity index is 3500. The third kappa shape index (κ3) is 12.0. The van der Waals surface area contributed by atoms with E-state index in [0.717, 1.165) is 22.5 Å². The molecule has 406 valence electrons. The zero-order valence-electron chi connectivity index (χ0n) is 43.4. The van der Waals surface area contributed by atoms with E-state index in [9.17, 15) is 27.7 Å². The maximum atomic E-state index is 17.2. The van der Waals surface area contributed by atoms with E-state index in [4.69, 9.17) is 30.6 Å². The van der Waals surface area contributed by atoms with Crippen LogP contribution in [0.4, 0.5) is 18.9 Å². The molecule has 0 fully saturated rings. The summed E-state index contributed by atoms with van der Waals surface area (Å²) in [4.78, 5) is 25.1. The van der Waals surface area contributed by atoms with Gasteiger partial charge in [-0.25, -0.2) is 31.1 Å². The van der Waals surface area contributed by atoms with Gasteiger partial charge in [-0.3, -0.25) is 14.8 Å². The lowest BCUT2D eigenvalue weighted by Crippen LogP contribution is -2.67. The van der Waals surface area contributed by atoms with Crippen LogP contribution in [-0.4, -0.2) is 67.7 Å². The van der Waals surface area contributed by atoms with Crippen molar-refractivity contribution in [3.8, 4) is 16.9 Å². The highest BCUT2D eigenvalue weighted by atomic mass is 35.5. The van der Waals surface area contributed by atoms with Gasteiger partial charge in [0.05, 0.1) is 47.5 Å². The van der Waals surface area contributed by atoms with Crippen molar-refractivity contribution in [2.75, 3.05) is 19.8 Å². The van der Waals surface area contributed by atoms with Gasteiger partial charge in [0.25, 0.3) is 19.9 Å². The summed E-state index contributed by atoms with van der Waals surface area (Å²) in [5.41, 5.74) is 1.62. The van der Waals surface area contributed by atoms with Gasteiger partial charge in [0.15, 0.2) is 4.90 Å². The number of halogens is 5. The number of benzene rings is 6. The maximum absolute atomic E-state index is 17.2. The van der Waals surface area contributed by atoms with Crippen LogP contribution in [-0.2, 0) is 52.2 Å². The third-order valence-electron chi connectivity index (χ3n) is 13.6. The number of carbonyl (C=O) groups excluding carboxylic acids is 1. The van der Waals surface area contributed by atoms with Crippen LogP contribution in [0.25, 0.3) is 32.8 Å². The average molecular weight is 1130 g/mol. The van der Waals surface area contributed by atoms with Crippen molar-refractivity contribution in [2.45, 2.75) is 89.2 Å². The molecule has 13 nitrogen and oxygen atoms in total. The van der Waals surface area contributed by atoms with Gasteiger partial charge in [-0.15, -0.1) is 12.4 Å². The molecule has 0 saturated heterocycles. The van der Waals surface area contributed by atoms with Gasteiger partial charge >= 0.3 is 5.97 Å². The lowest BCUT2D eigenvalue weighted by Gasteiger charge is -2.43. The Hall–Kier alpha value is -6.54. The molecule has 77 heavy (non-hydrogen) atoms. The number of carbonyl (C=O) groups is 1. The van der Waals surface area contributed by atoms with Crippen LogP contribution in [0, 0.1) is 15.9 Å². The van der Waals surface area contributed by atoms with Crippen molar-refractivity contribution in [1.82, 2.24) is 19.1 Å². The second-order valence-corrected chi connectivity index (χ2v) is 25.9. The molecule has 20 heteroatoms. The number of nitrogens with zero attached hydrogens (tertiary/aromatic N) is 4. The van der Waals surface area contributed by atoms with Crippen molar-refractivity contribution in [1.29, 1.82) is 0 Å². The number of nitrogens with one attached hydrogen (secondary N) is 1. The number of aryl methyl sites for hydroxylation is 3. The number of rotatable bonds is 22. The van der Waals surface area contributed by atoms with Crippen LogP contribution in [0.15, 0.2) is 138 Å². The second-order valence-electron chi connectivity index (χ2n) is 19.4. The fraction of sp³-hybridized carbons (Fsp3) is 0.298. The Morgan fingerprint density at radius 1 is 0.870 bits per heavy atom. The number of hydrogen-bond donors (Lipinski definition) is 1. The number of esters is 1. The van der Waals surface area contributed by atoms with Crippen molar-refractivity contribution in [3.63, 3.8) is 0 Å². The largest absolute Gasteiger partial charge is 0.493 e. The Morgan fingerprint density at radius 2 is 1.52 bits per heavy atom. The predicted molar refractivity (Wildman–Crippen MR) is 300 cm³/mol. The Morgan fingerprint density at radius 3 is 2.16 bits per heavy atom. The van der Waals surface area contributed by atoms with E-state index >= 15 is 8.78 Å². The summed E-state index contributed by atoms with van der Waals surface area (Å²) in [7, 11) is -6.28. The highest BCUT2D eigenvalue weighted by molar-refractivity contribution is 7.89. The normalized spacial score (nSPS) is 12.2. The van der Waals surface area contributed by atoms with E-state index in [1.807, 2.05) is 88.4 Å². The molecule has 0 radical (unpaired) electrons. The number of aromatic nitrogens is 3. The highest BCUT2D eigenvalue weighted by Gasteiger charge is 2.52. The van der Waals surface area contributed by atoms with Crippen molar-refractivity contribution in [2.24, 2.45) is 7.05 Å². The monoisotopic (exact) mass is 1130 g/mol. The second kappa shape index (κ2) is 24.0. The SMILES string of the molecule is CCOC(=O)c1c(CCCOc2cccc3cc(F)ccc23)c2ccc(Cl)c(-c3c(CNS(=O)(=O)c4ccccc4[N+](=O)[O-])nn(C)c3CC)c2n1CCC(F)(F)CO[Si](c1ccccc1)(c1ccccc1)C(C)(C)C.Cl. The van der Waals surface area contributed by atoms with Crippen LogP contribution >= 0.6 is 24.0 Å². The third-order valence-corrected chi connectivity index (χ3v) is 20.3. The molecular weight excluding hydrogens is 1070 g/mol. The number of fused-ring (bicyclic) bond motifs is 2. The van der Waals surface area contributed by atoms with E-state index in [2.05, 4.69) is 4.72 Å². The van der Waals surface area contributed by atoms with Crippen molar-refractivity contribution >= 4 is 86.1 Å². The number of nitro benzene ring substituents is 1. The van der Waals surface area contributed by atoms with Crippen molar-refractivity contribution in [3.05, 3.63) is 177 Å². The number of nitro groups is 1. The smallest absolute Gasteiger partial charge is 0.355 e. The quantitative estimate of drug-likeness (QED) is 0.0229. The number of para-hydroxylation sites is 1. The molecule has 2 heterocycles. The summed E-state index contributed by atoms with van der Waals surface area (Å²) in [6, 6.07) is 37.0. The fourth-order valence-corrected chi connectivity index (χ4v) is 16.2. The summed E-state index contributed by atoms with van der Waals surface area (Å²) >= 11 is 7.28. The van der Waals surface area contributed by atoms with E-state index in [-0.39, 0.29) is 54.3 Å². The zero-order valence-corrected chi connectivity index (χ0v) is 46.8. The first-order valence-electron chi connectivity index (χ1n) is 25.0. The molecule has 0 unspecified atom stereocenters. The summed E-state index contributed by atoms with van der Waals surface area (Å²) in [5, 5.41) is 19.7. The van der Waals surface area contributed by atoms with Gasteiger partial charge in [-0.2, -0.15) is 5.10 Å². The molecule has 8 rings (SSSR count). The first kappa shape index (κ1) is 58.1. The van der Waals surface area contributed by atoms with E-state index < -0.39 is 76.9 Å².